The van der Waals surface area contributed by atoms with Gasteiger partial charge in [-0.1, -0.05) is 18.2 Å². The van der Waals surface area contributed by atoms with E-state index in [2.05, 4.69) is 33.8 Å². The van der Waals surface area contributed by atoms with Crippen LogP contribution >= 0.6 is 10.0 Å². The summed E-state index contributed by atoms with van der Waals surface area (Å²) in [4.78, 5) is 19.6. The normalized spacial score (nSPS) is 12.1. The van der Waals surface area contributed by atoms with Gasteiger partial charge in [0.05, 0.1) is 12.3 Å². The zero-order valence-electron chi connectivity index (χ0n) is 18.4. The largest absolute Gasteiger partial charge is 0.424 e. The van der Waals surface area contributed by atoms with Crippen molar-refractivity contribution in [3.63, 3.8) is 0 Å². The molecule has 166 valence electrons. The van der Waals surface area contributed by atoms with E-state index in [9.17, 15) is 4.79 Å². The average molecular weight is 451 g/mol. The van der Waals surface area contributed by atoms with E-state index in [4.69, 9.17) is 9.47 Å². The van der Waals surface area contributed by atoms with Gasteiger partial charge in [0.1, 0.15) is 18.8 Å². The number of rotatable bonds is 9. The molecule has 0 aliphatic carbocycles. The second-order valence-electron chi connectivity index (χ2n) is 8.29. The number of hydrogen-bond donors (Lipinski definition) is 0. The molecule has 32 heavy (non-hydrogen) atoms. The minimum atomic E-state index is -0.576. The van der Waals surface area contributed by atoms with Crippen molar-refractivity contribution in [1.82, 2.24) is 19.7 Å². The van der Waals surface area contributed by atoms with Crippen LogP contribution in [0.1, 0.15) is 10.4 Å². The van der Waals surface area contributed by atoms with E-state index >= 15 is 0 Å². The summed E-state index contributed by atoms with van der Waals surface area (Å²) in [7, 11) is -0.576. The lowest BCUT2D eigenvalue weighted by atomic mass is 10.1. The number of ether oxygens (including phenoxy) is 2. The molecule has 0 saturated carbocycles. The van der Waals surface area contributed by atoms with Crippen LogP contribution in [0.3, 0.4) is 0 Å². The van der Waals surface area contributed by atoms with Gasteiger partial charge in [0.25, 0.3) is 0 Å². The fraction of sp³-hybridized carbons (Fsp3) is 0.250. The molecule has 8 heteroatoms. The lowest BCUT2D eigenvalue weighted by Gasteiger charge is -2.24. The Morgan fingerprint density at radius 2 is 1.75 bits per heavy atom. The summed E-state index contributed by atoms with van der Waals surface area (Å²) in [5, 5.41) is 6.29. The van der Waals surface area contributed by atoms with Gasteiger partial charge in [-0.3, -0.25) is 4.79 Å². The van der Waals surface area contributed by atoms with E-state index in [-0.39, 0.29) is 6.01 Å². The van der Waals surface area contributed by atoms with Gasteiger partial charge in [-0.25, -0.2) is 24.7 Å². The first-order valence-corrected chi connectivity index (χ1v) is 13.2. The SMILES string of the molecule is CS(C)(C)CCOCn1nccc1-c1cnc(Oc2ccc3cc(C=O)ccc3c2)nc1. The molecule has 2 aromatic heterocycles. The molecule has 0 unspecified atom stereocenters. The van der Waals surface area contributed by atoms with Crippen LogP contribution < -0.4 is 4.74 Å². The number of benzene rings is 2. The summed E-state index contributed by atoms with van der Waals surface area (Å²) in [6.07, 6.45) is 12.8. The van der Waals surface area contributed by atoms with Crippen molar-refractivity contribution in [1.29, 1.82) is 0 Å². The lowest BCUT2D eigenvalue weighted by Crippen LogP contribution is -2.11. The summed E-state index contributed by atoms with van der Waals surface area (Å²) < 4.78 is 13.4. The summed E-state index contributed by atoms with van der Waals surface area (Å²) in [5.74, 6) is 1.69. The zero-order valence-corrected chi connectivity index (χ0v) is 19.2. The molecule has 2 heterocycles. The lowest BCUT2D eigenvalue weighted by molar-refractivity contribution is 0.0821. The maximum atomic E-state index is 10.9. The van der Waals surface area contributed by atoms with Crippen molar-refractivity contribution in [3.05, 3.63) is 66.6 Å². The molecule has 4 rings (SSSR count). The van der Waals surface area contributed by atoms with E-state index in [0.717, 1.165) is 34.1 Å². The average Bonchev–Trinajstić information content (AvgIpc) is 3.25. The van der Waals surface area contributed by atoms with Crippen molar-refractivity contribution >= 4 is 27.1 Å². The van der Waals surface area contributed by atoms with Gasteiger partial charge < -0.3 is 9.47 Å². The first-order chi connectivity index (χ1) is 15.4. The van der Waals surface area contributed by atoms with Crippen molar-refractivity contribution in [2.45, 2.75) is 6.73 Å². The second kappa shape index (κ2) is 9.50. The van der Waals surface area contributed by atoms with Crippen LogP contribution in [0.4, 0.5) is 0 Å². The maximum absolute atomic E-state index is 10.9. The molecule has 0 aliphatic heterocycles. The minimum Gasteiger partial charge on any atom is -0.424 e. The highest BCUT2D eigenvalue weighted by Crippen LogP contribution is 2.33. The highest BCUT2D eigenvalue weighted by molar-refractivity contribution is 8.32. The van der Waals surface area contributed by atoms with Gasteiger partial charge in [-0.2, -0.15) is 5.10 Å². The highest BCUT2D eigenvalue weighted by Gasteiger charge is 2.10. The molecule has 7 nitrogen and oxygen atoms in total. The number of carbonyl (C=O) groups excluding carboxylic acids is 1. The molecule has 0 radical (unpaired) electrons. The number of aldehydes is 1. The number of hydrogen-bond acceptors (Lipinski definition) is 6. The number of nitrogens with zero attached hydrogens (tertiary/aromatic N) is 4. The van der Waals surface area contributed by atoms with E-state index in [0.29, 0.717) is 24.7 Å². The van der Waals surface area contributed by atoms with Gasteiger partial charge >= 0.3 is 6.01 Å². The maximum Gasteiger partial charge on any atom is 0.321 e. The Morgan fingerprint density at radius 3 is 2.50 bits per heavy atom. The summed E-state index contributed by atoms with van der Waals surface area (Å²) >= 11 is 0. The number of fused-ring (bicyclic) bond motifs is 1. The van der Waals surface area contributed by atoms with Gasteiger partial charge in [-0.15, -0.1) is 0 Å². The molecule has 2 aromatic carbocycles. The van der Waals surface area contributed by atoms with Crippen LogP contribution in [0, 0.1) is 0 Å². The molecule has 0 atom stereocenters. The first kappa shape index (κ1) is 22.0. The van der Waals surface area contributed by atoms with Crippen LogP contribution in [0.15, 0.2) is 61.1 Å². The van der Waals surface area contributed by atoms with Crippen molar-refractivity contribution in [2.75, 3.05) is 31.1 Å². The monoisotopic (exact) mass is 450 g/mol. The molecule has 0 amide bonds. The standard InChI is InChI=1S/C24H26N4O3S/c1-32(2,3)11-10-30-17-28-23(8-9-27-28)21-14-25-24(26-15-21)31-22-7-6-19-12-18(16-29)4-5-20(19)13-22/h4-9,12-16H,10-11,17H2,1-3H3. The molecule has 0 aliphatic rings. The molecule has 4 aromatic rings. The van der Waals surface area contributed by atoms with E-state index < -0.39 is 10.0 Å². The Balaban J connectivity index is 1.42. The van der Waals surface area contributed by atoms with Crippen LogP contribution in [0.2, 0.25) is 0 Å². The van der Waals surface area contributed by atoms with Crippen molar-refractivity contribution < 1.29 is 14.3 Å². The number of aromatic nitrogens is 4. The molecular formula is C24H26N4O3S. The van der Waals surface area contributed by atoms with E-state index in [1.165, 1.54) is 0 Å². The Bertz CT molecular complexity index is 1220. The molecule has 0 bridgehead atoms. The molecule has 0 saturated heterocycles. The Morgan fingerprint density at radius 1 is 1.00 bits per heavy atom. The zero-order chi connectivity index (χ0) is 22.6. The minimum absolute atomic E-state index is 0.257. The van der Waals surface area contributed by atoms with Gasteiger partial charge in [0, 0.05) is 35.5 Å². The first-order valence-electron chi connectivity index (χ1n) is 10.2. The van der Waals surface area contributed by atoms with E-state index in [1.807, 2.05) is 36.4 Å². The Kier molecular flexibility index (Phi) is 6.53. The summed E-state index contributed by atoms with van der Waals surface area (Å²) in [6.45, 7) is 1.10. The van der Waals surface area contributed by atoms with Gasteiger partial charge in [0.2, 0.25) is 0 Å². The van der Waals surface area contributed by atoms with E-state index in [1.54, 1.807) is 29.3 Å². The smallest absolute Gasteiger partial charge is 0.321 e. The van der Waals surface area contributed by atoms with Crippen molar-refractivity contribution in [2.24, 2.45) is 0 Å². The Hall–Kier alpha value is -3.23. The second-order valence-corrected chi connectivity index (χ2v) is 12.9. The van der Waals surface area contributed by atoms with Crippen molar-refractivity contribution in [3.8, 4) is 23.0 Å². The fourth-order valence-electron chi connectivity index (χ4n) is 3.13. The topological polar surface area (TPSA) is 79.1 Å². The molecule has 0 fully saturated rings. The predicted molar refractivity (Wildman–Crippen MR) is 129 cm³/mol. The quantitative estimate of drug-likeness (QED) is 0.270. The summed E-state index contributed by atoms with van der Waals surface area (Å²) in [5.41, 5.74) is 2.36. The highest BCUT2D eigenvalue weighted by atomic mass is 32.3. The third-order valence-electron chi connectivity index (χ3n) is 4.88. The fourth-order valence-corrected chi connectivity index (χ4v) is 3.74. The third-order valence-corrected chi connectivity index (χ3v) is 6.27. The van der Waals surface area contributed by atoms with Gasteiger partial charge in [-0.05, 0) is 53.8 Å². The van der Waals surface area contributed by atoms with Crippen LogP contribution in [-0.2, 0) is 11.5 Å². The van der Waals surface area contributed by atoms with Gasteiger partial charge in [0.15, 0.2) is 0 Å². The predicted octanol–water partition coefficient (Wildman–Crippen LogP) is 4.77. The molecule has 0 N–H and O–H groups in total. The van der Waals surface area contributed by atoms with Crippen LogP contribution in [0.25, 0.3) is 22.0 Å². The third kappa shape index (κ3) is 5.52. The Labute approximate surface area is 188 Å². The molecule has 0 spiro atoms. The molecular weight excluding hydrogens is 424 g/mol. The van der Waals surface area contributed by atoms with Crippen LogP contribution in [-0.4, -0.2) is 57.2 Å². The summed E-state index contributed by atoms with van der Waals surface area (Å²) in [6, 6.07) is 13.3. The van der Waals surface area contributed by atoms with Crippen LogP contribution in [0.5, 0.6) is 11.8 Å². The number of carbonyl (C=O) groups is 1.